The van der Waals surface area contributed by atoms with E-state index in [1.807, 2.05) is 14.1 Å². The van der Waals surface area contributed by atoms with Gasteiger partial charge >= 0.3 is 0 Å². The maximum absolute atomic E-state index is 12.7. The topological polar surface area (TPSA) is 101 Å². The predicted molar refractivity (Wildman–Crippen MR) is 121 cm³/mol. The molecule has 0 spiro atoms. The molecule has 0 aliphatic carbocycles. The van der Waals surface area contributed by atoms with Crippen LogP contribution in [-0.4, -0.2) is 57.2 Å². The Morgan fingerprint density at radius 1 is 1.06 bits per heavy atom. The van der Waals surface area contributed by atoms with Crippen LogP contribution in [0.2, 0.25) is 0 Å². The number of hydrogen-bond acceptors (Lipinski definition) is 8. The summed E-state index contributed by atoms with van der Waals surface area (Å²) in [5.74, 6) is 2.16. The Bertz CT molecular complexity index is 944. The minimum absolute atomic E-state index is 0.0126. The maximum atomic E-state index is 12.7. The van der Waals surface area contributed by atoms with Gasteiger partial charge in [-0.15, -0.1) is 0 Å². The van der Waals surface area contributed by atoms with Crippen LogP contribution < -0.4 is 19.3 Å². The van der Waals surface area contributed by atoms with E-state index in [0.29, 0.717) is 30.1 Å². The molecule has 2 aromatic rings. The smallest absolute Gasteiger partial charge is 0.240 e. The predicted octanol–water partition coefficient (Wildman–Crippen LogP) is 2.59. The molecule has 0 atom stereocenters. The summed E-state index contributed by atoms with van der Waals surface area (Å²) in [4.78, 5) is 17.6. The zero-order valence-electron chi connectivity index (χ0n) is 18.5. The number of ether oxygens (including phenoxy) is 1. The zero-order chi connectivity index (χ0) is 22.3. The van der Waals surface area contributed by atoms with E-state index in [2.05, 4.69) is 31.5 Å². The number of piperidine rings is 1. The summed E-state index contributed by atoms with van der Waals surface area (Å²) in [7, 11) is 0.00475. The van der Waals surface area contributed by atoms with Crippen molar-refractivity contribution in [2.24, 2.45) is 0 Å². The SMILES string of the molecule is CCCCOc1ccc(S(=O)(=O)NCc2nc(N(C)C)nc(N3CCCCC3)n2)cc1. The van der Waals surface area contributed by atoms with E-state index in [-0.39, 0.29) is 11.4 Å². The molecule has 1 fully saturated rings. The number of nitrogens with zero attached hydrogens (tertiary/aromatic N) is 5. The van der Waals surface area contributed by atoms with E-state index in [1.165, 1.54) is 6.42 Å². The molecule has 1 aliphatic rings. The highest BCUT2D eigenvalue weighted by Crippen LogP contribution is 2.19. The van der Waals surface area contributed by atoms with Crippen LogP contribution in [0.4, 0.5) is 11.9 Å². The third-order valence-corrected chi connectivity index (χ3v) is 6.44. The van der Waals surface area contributed by atoms with Gasteiger partial charge in [-0.05, 0) is 49.9 Å². The Morgan fingerprint density at radius 3 is 2.42 bits per heavy atom. The van der Waals surface area contributed by atoms with Crippen LogP contribution in [0.15, 0.2) is 29.2 Å². The molecule has 10 heteroatoms. The van der Waals surface area contributed by atoms with Gasteiger partial charge in [0.2, 0.25) is 21.9 Å². The van der Waals surface area contributed by atoms with Crippen molar-refractivity contribution in [3.05, 3.63) is 30.1 Å². The van der Waals surface area contributed by atoms with Crippen LogP contribution in [0.25, 0.3) is 0 Å². The Kier molecular flexibility index (Phi) is 8.03. The Labute approximate surface area is 184 Å². The van der Waals surface area contributed by atoms with Crippen LogP contribution in [0.5, 0.6) is 5.75 Å². The summed E-state index contributed by atoms with van der Waals surface area (Å²) in [6.07, 6.45) is 5.41. The van der Waals surface area contributed by atoms with Crippen molar-refractivity contribution in [2.45, 2.75) is 50.5 Å². The molecule has 2 heterocycles. The number of nitrogens with one attached hydrogen (secondary N) is 1. The van der Waals surface area contributed by atoms with Crippen molar-refractivity contribution < 1.29 is 13.2 Å². The summed E-state index contributed by atoms with van der Waals surface area (Å²) in [6, 6.07) is 6.43. The van der Waals surface area contributed by atoms with Crippen LogP contribution >= 0.6 is 0 Å². The molecule has 0 radical (unpaired) electrons. The van der Waals surface area contributed by atoms with Gasteiger partial charge in [0.1, 0.15) is 5.75 Å². The molecule has 31 heavy (non-hydrogen) atoms. The molecule has 1 aromatic heterocycles. The second-order valence-corrected chi connectivity index (χ2v) is 9.56. The average molecular weight is 449 g/mol. The lowest BCUT2D eigenvalue weighted by Gasteiger charge is -2.27. The van der Waals surface area contributed by atoms with E-state index in [1.54, 1.807) is 29.2 Å². The van der Waals surface area contributed by atoms with E-state index in [0.717, 1.165) is 38.8 Å². The number of aromatic nitrogens is 3. The van der Waals surface area contributed by atoms with Crippen molar-refractivity contribution in [1.82, 2.24) is 19.7 Å². The number of sulfonamides is 1. The van der Waals surface area contributed by atoms with Gasteiger partial charge < -0.3 is 14.5 Å². The molecule has 0 bridgehead atoms. The first-order valence-electron chi connectivity index (χ1n) is 10.8. The van der Waals surface area contributed by atoms with Crippen LogP contribution in [0.1, 0.15) is 44.9 Å². The van der Waals surface area contributed by atoms with Crippen molar-refractivity contribution in [1.29, 1.82) is 0 Å². The molecule has 1 N–H and O–H groups in total. The lowest BCUT2D eigenvalue weighted by molar-refractivity contribution is 0.309. The second-order valence-electron chi connectivity index (χ2n) is 7.79. The molecule has 0 amide bonds. The minimum atomic E-state index is -3.70. The van der Waals surface area contributed by atoms with Gasteiger partial charge in [0.05, 0.1) is 18.0 Å². The molecular weight excluding hydrogens is 416 g/mol. The van der Waals surface area contributed by atoms with E-state index >= 15 is 0 Å². The fraction of sp³-hybridized carbons (Fsp3) is 0.571. The summed E-state index contributed by atoms with van der Waals surface area (Å²) < 4.78 is 33.7. The highest BCUT2D eigenvalue weighted by atomic mass is 32.2. The average Bonchev–Trinajstić information content (AvgIpc) is 2.79. The molecule has 1 saturated heterocycles. The summed E-state index contributed by atoms with van der Waals surface area (Å²) in [5.41, 5.74) is 0. The van der Waals surface area contributed by atoms with Gasteiger partial charge in [-0.1, -0.05) is 13.3 Å². The number of rotatable bonds is 10. The van der Waals surface area contributed by atoms with Gasteiger partial charge in [0.25, 0.3) is 0 Å². The fourth-order valence-corrected chi connectivity index (χ4v) is 4.18. The highest BCUT2D eigenvalue weighted by Gasteiger charge is 2.19. The van der Waals surface area contributed by atoms with Gasteiger partial charge in [-0.3, -0.25) is 0 Å². The number of anilines is 2. The Morgan fingerprint density at radius 2 is 1.77 bits per heavy atom. The van der Waals surface area contributed by atoms with Gasteiger partial charge in [-0.2, -0.15) is 15.0 Å². The third kappa shape index (κ3) is 6.51. The Hall–Kier alpha value is -2.46. The van der Waals surface area contributed by atoms with Gasteiger partial charge in [-0.25, -0.2) is 13.1 Å². The Balaban J connectivity index is 1.70. The van der Waals surface area contributed by atoms with Gasteiger partial charge in [0, 0.05) is 27.2 Å². The quantitative estimate of drug-likeness (QED) is 0.554. The lowest BCUT2D eigenvalue weighted by Crippen LogP contribution is -2.33. The normalized spacial score (nSPS) is 14.5. The molecule has 0 saturated carbocycles. The summed E-state index contributed by atoms with van der Waals surface area (Å²) in [6.45, 7) is 4.49. The van der Waals surface area contributed by atoms with E-state index in [4.69, 9.17) is 4.74 Å². The standard InChI is InChI=1S/C21H32N6O3S/c1-4-5-15-30-17-9-11-18(12-10-17)31(28,29)22-16-19-23-20(26(2)3)25-21(24-19)27-13-7-6-8-14-27/h9-12,22H,4-8,13-16H2,1-3H3. The van der Waals surface area contributed by atoms with Gasteiger partial charge in [0.15, 0.2) is 5.82 Å². The lowest BCUT2D eigenvalue weighted by atomic mass is 10.1. The van der Waals surface area contributed by atoms with Crippen LogP contribution in [-0.2, 0) is 16.6 Å². The molecular formula is C21H32N6O3S. The van der Waals surface area contributed by atoms with Crippen LogP contribution in [0, 0.1) is 0 Å². The van der Waals surface area contributed by atoms with Crippen molar-refractivity contribution in [3.8, 4) is 5.75 Å². The second kappa shape index (κ2) is 10.7. The molecule has 1 aromatic carbocycles. The minimum Gasteiger partial charge on any atom is -0.494 e. The number of hydrogen-bond donors (Lipinski definition) is 1. The number of benzene rings is 1. The van der Waals surface area contributed by atoms with E-state index < -0.39 is 10.0 Å². The molecule has 1 aliphatic heterocycles. The van der Waals surface area contributed by atoms with Crippen molar-refractivity contribution in [2.75, 3.05) is 43.6 Å². The number of unbranched alkanes of at least 4 members (excludes halogenated alkanes) is 1. The largest absolute Gasteiger partial charge is 0.494 e. The molecule has 3 rings (SSSR count). The third-order valence-electron chi connectivity index (χ3n) is 5.02. The van der Waals surface area contributed by atoms with Crippen molar-refractivity contribution in [3.63, 3.8) is 0 Å². The highest BCUT2D eigenvalue weighted by molar-refractivity contribution is 7.89. The fourth-order valence-electron chi connectivity index (χ4n) is 3.20. The first kappa shape index (κ1) is 23.2. The zero-order valence-corrected chi connectivity index (χ0v) is 19.4. The summed E-state index contributed by atoms with van der Waals surface area (Å²) >= 11 is 0. The maximum Gasteiger partial charge on any atom is 0.240 e. The molecule has 9 nitrogen and oxygen atoms in total. The van der Waals surface area contributed by atoms with Crippen LogP contribution in [0.3, 0.4) is 0 Å². The molecule has 0 unspecified atom stereocenters. The summed E-state index contributed by atoms with van der Waals surface area (Å²) in [5, 5.41) is 0. The first-order chi connectivity index (χ1) is 14.9. The van der Waals surface area contributed by atoms with Crippen molar-refractivity contribution >= 4 is 21.9 Å². The molecule has 170 valence electrons. The van der Waals surface area contributed by atoms with E-state index in [9.17, 15) is 8.42 Å². The first-order valence-corrected chi connectivity index (χ1v) is 12.3. The monoisotopic (exact) mass is 448 g/mol.